The summed E-state index contributed by atoms with van der Waals surface area (Å²) in [5, 5.41) is 5.81. The Morgan fingerprint density at radius 3 is 2.34 bits per heavy atom. The zero-order valence-corrected chi connectivity index (χ0v) is 20.2. The molecule has 0 radical (unpaired) electrons. The molecule has 1 amide bonds. The lowest BCUT2D eigenvalue weighted by Gasteiger charge is -2.09. The highest BCUT2D eigenvalue weighted by Crippen LogP contribution is 2.25. The maximum Gasteiger partial charge on any atom is 0.251 e. The largest absolute Gasteiger partial charge is 0.463 e. The first-order chi connectivity index (χ1) is 15.3. The monoisotopic (exact) mass is 444 g/mol. The highest BCUT2D eigenvalue weighted by atomic mass is 16.5. The number of methoxy groups -OCH3 is 1. The first-order valence-corrected chi connectivity index (χ1v) is 10.8. The minimum atomic E-state index is -0.0325. The molecule has 32 heavy (non-hydrogen) atoms. The molecule has 178 valence electrons. The van der Waals surface area contributed by atoms with E-state index in [1.807, 2.05) is 39.0 Å². The van der Waals surface area contributed by atoms with Crippen LogP contribution in [-0.2, 0) is 4.74 Å². The summed E-state index contributed by atoms with van der Waals surface area (Å²) in [6.07, 6.45) is 3.46. The van der Waals surface area contributed by atoms with Crippen LogP contribution in [0.4, 0.5) is 11.4 Å². The fraction of sp³-hybridized carbons (Fsp3) is 0.400. The minimum absolute atomic E-state index is 0.0325. The van der Waals surface area contributed by atoms with Gasteiger partial charge in [0.25, 0.3) is 5.91 Å². The van der Waals surface area contributed by atoms with E-state index in [0.717, 1.165) is 47.7 Å². The highest BCUT2D eigenvalue weighted by molar-refractivity contribution is 5.94. The molecule has 0 atom stereocenters. The molecule has 0 aliphatic carbocycles. The summed E-state index contributed by atoms with van der Waals surface area (Å²) in [6.45, 7) is 13.5. The fourth-order valence-electron chi connectivity index (χ4n) is 2.43. The topological polar surface area (TPSA) is 112 Å². The van der Waals surface area contributed by atoms with Crippen molar-refractivity contribution in [3.05, 3.63) is 65.9 Å². The van der Waals surface area contributed by atoms with Crippen molar-refractivity contribution in [3.8, 4) is 5.75 Å². The Morgan fingerprint density at radius 1 is 1.12 bits per heavy atom. The van der Waals surface area contributed by atoms with Gasteiger partial charge < -0.3 is 31.6 Å². The molecule has 0 heterocycles. The van der Waals surface area contributed by atoms with Crippen molar-refractivity contribution < 1.29 is 14.3 Å². The van der Waals surface area contributed by atoms with E-state index in [1.54, 1.807) is 25.3 Å². The molecule has 0 aliphatic rings. The fourth-order valence-corrected chi connectivity index (χ4v) is 2.43. The quantitative estimate of drug-likeness (QED) is 0.255. The molecule has 0 aliphatic heterocycles. The summed E-state index contributed by atoms with van der Waals surface area (Å²) < 4.78 is 9.91. The normalized spacial score (nSPS) is 9.44. The molecule has 2 aromatic rings. The summed E-state index contributed by atoms with van der Waals surface area (Å²) in [5.74, 6) is 0.718. The lowest BCUT2D eigenvalue weighted by atomic mass is 10.1. The zero-order chi connectivity index (χ0) is 24.4. The van der Waals surface area contributed by atoms with Crippen LogP contribution in [0.15, 0.2) is 49.2 Å². The Kier molecular flexibility index (Phi) is 16.0. The van der Waals surface area contributed by atoms with Gasteiger partial charge >= 0.3 is 0 Å². The number of aryl methyl sites for hydroxylation is 2. The molecular weight excluding hydrogens is 404 g/mol. The molecule has 2 aromatic carbocycles. The molecule has 0 saturated heterocycles. The number of nitrogens with two attached hydrogens (primary N) is 2. The molecule has 7 heteroatoms. The molecule has 0 fully saturated rings. The van der Waals surface area contributed by atoms with Crippen LogP contribution in [0.1, 0.15) is 48.2 Å². The van der Waals surface area contributed by atoms with Crippen molar-refractivity contribution in [2.24, 2.45) is 5.73 Å². The maximum absolute atomic E-state index is 11.5. The average molecular weight is 445 g/mol. The number of carbonyl (C=O) groups excluding carboxylic acids is 1. The Labute approximate surface area is 193 Å². The summed E-state index contributed by atoms with van der Waals surface area (Å²) in [7, 11) is 1.71. The molecule has 0 unspecified atom stereocenters. The molecule has 0 saturated carbocycles. The van der Waals surface area contributed by atoms with E-state index in [-0.39, 0.29) is 5.91 Å². The van der Waals surface area contributed by atoms with Crippen molar-refractivity contribution in [2.45, 2.75) is 40.5 Å². The van der Waals surface area contributed by atoms with E-state index in [2.05, 4.69) is 24.1 Å². The lowest BCUT2D eigenvalue weighted by Crippen LogP contribution is -2.24. The number of hydrogen-bond donors (Lipinski definition) is 4. The number of carbonyl (C=O) groups is 1. The lowest BCUT2D eigenvalue weighted by molar-refractivity contribution is 0.0953. The number of rotatable bonds is 9. The smallest absolute Gasteiger partial charge is 0.251 e. The molecule has 0 spiro atoms. The number of amides is 1. The van der Waals surface area contributed by atoms with Crippen molar-refractivity contribution in [2.75, 3.05) is 38.0 Å². The van der Waals surface area contributed by atoms with Gasteiger partial charge in [0.05, 0.1) is 18.6 Å². The molecule has 7 nitrogen and oxygen atoms in total. The van der Waals surface area contributed by atoms with Crippen LogP contribution in [0.5, 0.6) is 5.75 Å². The van der Waals surface area contributed by atoms with Crippen LogP contribution in [-0.4, -0.2) is 32.8 Å². The number of ether oxygens (including phenoxy) is 2. The van der Waals surface area contributed by atoms with E-state index >= 15 is 0 Å². The third-order valence-electron chi connectivity index (χ3n) is 4.12. The van der Waals surface area contributed by atoms with Crippen LogP contribution < -0.4 is 26.8 Å². The summed E-state index contributed by atoms with van der Waals surface area (Å²) in [4.78, 5) is 11.5. The van der Waals surface area contributed by atoms with Gasteiger partial charge in [-0.3, -0.25) is 4.79 Å². The van der Waals surface area contributed by atoms with E-state index in [4.69, 9.17) is 20.9 Å². The Balaban J connectivity index is 0.000000499. The zero-order valence-electron chi connectivity index (χ0n) is 20.2. The van der Waals surface area contributed by atoms with Gasteiger partial charge in [-0.2, -0.15) is 0 Å². The second-order valence-corrected chi connectivity index (χ2v) is 6.99. The highest BCUT2D eigenvalue weighted by Gasteiger charge is 2.05. The van der Waals surface area contributed by atoms with Crippen molar-refractivity contribution in [3.63, 3.8) is 0 Å². The maximum atomic E-state index is 11.5. The molecular formula is C25H40N4O3. The van der Waals surface area contributed by atoms with Gasteiger partial charge in [-0.1, -0.05) is 26.5 Å². The van der Waals surface area contributed by atoms with E-state index in [9.17, 15) is 4.79 Å². The SMILES string of the molecule is C=COc1cc(C)ccc1NCN.CCCNC(=O)c1ccc(N)c(C)c1.CCCOC. The number of nitrogen functional groups attached to an aromatic ring is 1. The molecule has 0 aromatic heterocycles. The predicted octanol–water partition coefficient (Wildman–Crippen LogP) is 4.61. The van der Waals surface area contributed by atoms with Gasteiger partial charge in [-0.25, -0.2) is 0 Å². The van der Waals surface area contributed by atoms with Gasteiger partial charge in [0, 0.05) is 31.5 Å². The van der Waals surface area contributed by atoms with Gasteiger partial charge in [-0.05, 0) is 68.1 Å². The first kappa shape index (κ1) is 29.0. The van der Waals surface area contributed by atoms with Gasteiger partial charge in [0.2, 0.25) is 0 Å². The van der Waals surface area contributed by atoms with Gasteiger partial charge in [-0.15, -0.1) is 0 Å². The van der Waals surface area contributed by atoms with Crippen molar-refractivity contribution in [1.29, 1.82) is 0 Å². The van der Waals surface area contributed by atoms with Crippen molar-refractivity contribution >= 4 is 17.3 Å². The summed E-state index contributed by atoms with van der Waals surface area (Å²) in [5.41, 5.74) is 15.4. The Bertz CT molecular complexity index is 808. The number of anilines is 2. The van der Waals surface area contributed by atoms with Gasteiger partial charge in [0.1, 0.15) is 5.75 Å². The molecule has 0 bridgehead atoms. The standard InChI is InChI=1S/C11H16N2O.C10H14N2O.C4H10O/c1-3-6-13-11(14)9-4-5-10(12)8(2)7-9;1-3-13-10-6-8(2)4-5-9(10)12-7-11;1-3-4-5-2/h4-5,7H,3,6,12H2,1-2H3,(H,13,14);3-6,12H,1,7,11H2,2H3;3-4H2,1-2H3. The van der Waals surface area contributed by atoms with Gasteiger partial charge in [0.15, 0.2) is 0 Å². The third-order valence-corrected chi connectivity index (χ3v) is 4.12. The Morgan fingerprint density at radius 2 is 1.84 bits per heavy atom. The first-order valence-electron chi connectivity index (χ1n) is 10.8. The Hall–Kier alpha value is -3.03. The van der Waals surface area contributed by atoms with E-state index < -0.39 is 0 Å². The second-order valence-electron chi connectivity index (χ2n) is 6.99. The number of hydrogen-bond acceptors (Lipinski definition) is 6. The van der Waals surface area contributed by atoms with E-state index in [1.165, 1.54) is 6.26 Å². The molecule has 6 N–H and O–H groups in total. The van der Waals surface area contributed by atoms with E-state index in [0.29, 0.717) is 18.8 Å². The third kappa shape index (κ3) is 12.0. The van der Waals surface area contributed by atoms with Crippen LogP contribution in [0, 0.1) is 13.8 Å². The molecule has 2 rings (SSSR count). The summed E-state index contributed by atoms with van der Waals surface area (Å²) >= 11 is 0. The van der Waals surface area contributed by atoms with Crippen LogP contribution in [0.3, 0.4) is 0 Å². The number of benzene rings is 2. The summed E-state index contributed by atoms with van der Waals surface area (Å²) in [6, 6.07) is 11.2. The minimum Gasteiger partial charge on any atom is -0.463 e. The number of nitrogens with one attached hydrogen (secondary N) is 2. The average Bonchev–Trinajstić information content (AvgIpc) is 2.77. The predicted molar refractivity (Wildman–Crippen MR) is 135 cm³/mol. The van der Waals surface area contributed by atoms with Crippen molar-refractivity contribution in [1.82, 2.24) is 5.32 Å². The van der Waals surface area contributed by atoms with Crippen LogP contribution >= 0.6 is 0 Å². The van der Waals surface area contributed by atoms with Crippen LogP contribution in [0.25, 0.3) is 0 Å². The second kappa shape index (κ2) is 17.6. The van der Waals surface area contributed by atoms with Crippen LogP contribution in [0.2, 0.25) is 0 Å².